The highest BCUT2D eigenvalue weighted by Crippen LogP contribution is 2.28. The van der Waals surface area contributed by atoms with Crippen LogP contribution in [0.25, 0.3) is 0 Å². The molecule has 0 bridgehead atoms. The first kappa shape index (κ1) is 14.5. The van der Waals surface area contributed by atoms with Gasteiger partial charge in [0.2, 0.25) is 5.91 Å². The average molecular weight is 240 g/mol. The number of carbonyl (C=O) groups is 1. The van der Waals surface area contributed by atoms with Crippen LogP contribution in [0.3, 0.4) is 0 Å². The Hall–Kier alpha value is -0.570. The van der Waals surface area contributed by atoms with Crippen LogP contribution in [0.4, 0.5) is 0 Å². The van der Waals surface area contributed by atoms with E-state index in [9.17, 15) is 4.79 Å². The van der Waals surface area contributed by atoms with Crippen molar-refractivity contribution in [3.05, 3.63) is 0 Å². The molecule has 0 spiro atoms. The summed E-state index contributed by atoms with van der Waals surface area (Å²) in [6.45, 7) is 10.4. The van der Waals surface area contributed by atoms with Crippen LogP contribution in [-0.2, 0) is 4.79 Å². The molecular weight excluding hydrogens is 212 g/mol. The topological polar surface area (TPSA) is 46.3 Å². The minimum atomic E-state index is 0.193. The normalized spacial score (nSPS) is 25.4. The molecule has 1 saturated heterocycles. The van der Waals surface area contributed by atoms with Gasteiger partial charge in [-0.15, -0.1) is 0 Å². The first-order valence-corrected chi connectivity index (χ1v) is 6.85. The predicted molar refractivity (Wildman–Crippen MR) is 71.6 cm³/mol. The molecule has 1 aliphatic heterocycles. The Morgan fingerprint density at radius 3 is 2.47 bits per heavy atom. The Labute approximate surface area is 106 Å². The zero-order chi connectivity index (χ0) is 13.1. The van der Waals surface area contributed by atoms with Gasteiger partial charge in [-0.1, -0.05) is 20.8 Å². The fraction of sp³-hybridized carbons (Fsp3) is 0.929. The number of nitrogens with zero attached hydrogens (tertiary/aromatic N) is 1. The molecule has 3 nitrogen and oxygen atoms in total. The van der Waals surface area contributed by atoms with E-state index in [1.54, 1.807) is 0 Å². The number of carbonyl (C=O) groups excluding carboxylic acids is 1. The van der Waals surface area contributed by atoms with Crippen LogP contribution in [0.5, 0.6) is 0 Å². The molecule has 2 unspecified atom stereocenters. The van der Waals surface area contributed by atoms with E-state index in [0.29, 0.717) is 30.8 Å². The van der Waals surface area contributed by atoms with E-state index in [2.05, 4.69) is 32.6 Å². The molecule has 1 aliphatic rings. The van der Waals surface area contributed by atoms with Gasteiger partial charge in [0, 0.05) is 19.0 Å². The molecule has 17 heavy (non-hydrogen) atoms. The summed E-state index contributed by atoms with van der Waals surface area (Å²) < 4.78 is 0. The molecule has 0 saturated carbocycles. The summed E-state index contributed by atoms with van der Waals surface area (Å²) in [5.41, 5.74) is 5.78. The van der Waals surface area contributed by atoms with E-state index in [-0.39, 0.29) is 5.41 Å². The number of amides is 1. The summed E-state index contributed by atoms with van der Waals surface area (Å²) in [6, 6.07) is 0.426. The zero-order valence-electron chi connectivity index (χ0n) is 11.8. The van der Waals surface area contributed by atoms with Crippen molar-refractivity contribution in [2.45, 2.75) is 59.4 Å². The highest BCUT2D eigenvalue weighted by atomic mass is 16.2. The van der Waals surface area contributed by atoms with E-state index in [1.807, 2.05) is 0 Å². The Morgan fingerprint density at radius 2 is 2.00 bits per heavy atom. The second kappa shape index (κ2) is 5.85. The summed E-state index contributed by atoms with van der Waals surface area (Å²) in [5, 5.41) is 0. The fourth-order valence-electron chi connectivity index (χ4n) is 2.75. The van der Waals surface area contributed by atoms with Crippen molar-refractivity contribution in [3.8, 4) is 0 Å². The van der Waals surface area contributed by atoms with Gasteiger partial charge in [0.1, 0.15) is 0 Å². The van der Waals surface area contributed by atoms with E-state index in [1.165, 1.54) is 0 Å². The molecule has 1 amide bonds. The molecular formula is C14H28N2O. The van der Waals surface area contributed by atoms with E-state index in [0.717, 1.165) is 25.8 Å². The highest BCUT2D eigenvalue weighted by molar-refractivity contribution is 5.76. The molecule has 2 atom stereocenters. The van der Waals surface area contributed by atoms with Crippen LogP contribution in [0.1, 0.15) is 53.4 Å². The maximum absolute atomic E-state index is 12.1. The molecule has 0 aromatic heterocycles. The Morgan fingerprint density at radius 1 is 1.35 bits per heavy atom. The van der Waals surface area contributed by atoms with Gasteiger partial charge >= 0.3 is 0 Å². The van der Waals surface area contributed by atoms with Crippen LogP contribution in [0, 0.1) is 11.3 Å². The molecule has 1 rings (SSSR count). The smallest absolute Gasteiger partial charge is 0.222 e. The van der Waals surface area contributed by atoms with E-state index < -0.39 is 0 Å². The monoisotopic (exact) mass is 240 g/mol. The standard InChI is InChI=1S/C14H28N2O/c1-11-9-12(2)16(10-11)13(17)5-6-14(3,4)7-8-15/h11-12H,5-10,15H2,1-4H3. The van der Waals surface area contributed by atoms with Crippen molar-refractivity contribution in [1.29, 1.82) is 0 Å². The molecule has 0 aliphatic carbocycles. The molecule has 2 N–H and O–H groups in total. The van der Waals surface area contributed by atoms with Gasteiger partial charge in [-0.3, -0.25) is 4.79 Å². The van der Waals surface area contributed by atoms with Crippen molar-refractivity contribution in [2.75, 3.05) is 13.1 Å². The summed E-state index contributed by atoms with van der Waals surface area (Å²) in [7, 11) is 0. The zero-order valence-corrected chi connectivity index (χ0v) is 11.8. The third-order valence-corrected chi connectivity index (χ3v) is 3.94. The summed E-state index contributed by atoms with van der Waals surface area (Å²) in [4.78, 5) is 14.2. The second-order valence-corrected chi connectivity index (χ2v) is 6.44. The summed E-state index contributed by atoms with van der Waals surface area (Å²) >= 11 is 0. The largest absolute Gasteiger partial charge is 0.340 e. The van der Waals surface area contributed by atoms with Gasteiger partial charge in [0.15, 0.2) is 0 Å². The quantitative estimate of drug-likeness (QED) is 0.802. The molecule has 0 aromatic carbocycles. The van der Waals surface area contributed by atoms with Crippen LogP contribution in [0.2, 0.25) is 0 Å². The molecule has 0 radical (unpaired) electrons. The first-order chi connectivity index (χ1) is 7.85. The number of rotatable bonds is 5. The van der Waals surface area contributed by atoms with Gasteiger partial charge in [0.05, 0.1) is 0 Å². The maximum Gasteiger partial charge on any atom is 0.222 e. The van der Waals surface area contributed by atoms with Gasteiger partial charge in [0.25, 0.3) is 0 Å². The van der Waals surface area contributed by atoms with Crippen molar-refractivity contribution >= 4 is 5.91 Å². The summed E-state index contributed by atoms with van der Waals surface area (Å²) in [5.74, 6) is 0.984. The van der Waals surface area contributed by atoms with Gasteiger partial charge in [-0.25, -0.2) is 0 Å². The fourth-order valence-corrected chi connectivity index (χ4v) is 2.75. The van der Waals surface area contributed by atoms with Crippen molar-refractivity contribution in [1.82, 2.24) is 4.90 Å². The molecule has 1 fully saturated rings. The van der Waals surface area contributed by atoms with Gasteiger partial charge in [-0.05, 0) is 44.1 Å². The van der Waals surface area contributed by atoms with E-state index in [4.69, 9.17) is 5.73 Å². The minimum absolute atomic E-state index is 0.193. The number of likely N-dealkylation sites (tertiary alicyclic amines) is 1. The van der Waals surface area contributed by atoms with E-state index >= 15 is 0 Å². The summed E-state index contributed by atoms with van der Waals surface area (Å²) in [6.07, 6.45) is 3.76. The Kier molecular flexibility index (Phi) is 4.99. The van der Waals surface area contributed by atoms with Crippen molar-refractivity contribution in [3.63, 3.8) is 0 Å². The lowest BCUT2D eigenvalue weighted by molar-refractivity contribution is -0.132. The first-order valence-electron chi connectivity index (χ1n) is 6.85. The number of nitrogens with two attached hydrogens (primary N) is 1. The minimum Gasteiger partial charge on any atom is -0.340 e. The Balaban J connectivity index is 2.39. The number of hydrogen-bond acceptors (Lipinski definition) is 2. The van der Waals surface area contributed by atoms with Crippen LogP contribution in [0.15, 0.2) is 0 Å². The van der Waals surface area contributed by atoms with Crippen molar-refractivity contribution < 1.29 is 4.79 Å². The number of hydrogen-bond donors (Lipinski definition) is 1. The van der Waals surface area contributed by atoms with Gasteiger partial charge < -0.3 is 10.6 Å². The molecule has 100 valence electrons. The Bertz CT molecular complexity index is 263. The lowest BCUT2D eigenvalue weighted by Gasteiger charge is -2.26. The maximum atomic E-state index is 12.1. The highest BCUT2D eigenvalue weighted by Gasteiger charge is 2.30. The van der Waals surface area contributed by atoms with Crippen LogP contribution in [-0.4, -0.2) is 29.9 Å². The molecule has 3 heteroatoms. The lowest BCUT2D eigenvalue weighted by Crippen LogP contribution is -2.34. The molecule has 1 heterocycles. The average Bonchev–Trinajstić information content (AvgIpc) is 2.54. The molecule has 0 aromatic rings. The van der Waals surface area contributed by atoms with Gasteiger partial charge in [-0.2, -0.15) is 0 Å². The van der Waals surface area contributed by atoms with Crippen LogP contribution >= 0.6 is 0 Å². The third kappa shape index (κ3) is 4.30. The SMILES string of the molecule is CC1CC(C)N(C(=O)CCC(C)(C)CCN)C1. The third-order valence-electron chi connectivity index (χ3n) is 3.94. The lowest BCUT2D eigenvalue weighted by atomic mass is 9.84. The second-order valence-electron chi connectivity index (χ2n) is 6.44. The van der Waals surface area contributed by atoms with Crippen LogP contribution < -0.4 is 5.73 Å². The predicted octanol–water partition coefficient (Wildman–Crippen LogP) is 2.40. The van der Waals surface area contributed by atoms with Crippen molar-refractivity contribution in [2.24, 2.45) is 17.1 Å².